The van der Waals surface area contributed by atoms with E-state index in [9.17, 15) is 4.39 Å². The van der Waals surface area contributed by atoms with Crippen LogP contribution in [0.3, 0.4) is 0 Å². The molecule has 1 saturated heterocycles. The van der Waals surface area contributed by atoms with Crippen LogP contribution in [-0.2, 0) is 0 Å². The number of hydrogen-bond acceptors (Lipinski definition) is 3. The number of hydrogen-bond donors (Lipinski definition) is 1. The van der Waals surface area contributed by atoms with E-state index < -0.39 is 5.82 Å². The SMILES string of the molecule is Fc1cc(Br)cnc1OC1[C@@H]2CNC[C@H]1C2. The highest BCUT2D eigenvalue weighted by Gasteiger charge is 2.46. The minimum atomic E-state index is -0.396. The number of rotatable bonds is 2. The molecule has 0 amide bonds. The lowest BCUT2D eigenvalue weighted by Gasteiger charge is -2.48. The van der Waals surface area contributed by atoms with Crippen molar-refractivity contribution in [3.8, 4) is 5.88 Å². The van der Waals surface area contributed by atoms with Crippen LogP contribution >= 0.6 is 15.9 Å². The van der Waals surface area contributed by atoms with Gasteiger partial charge in [-0.15, -0.1) is 0 Å². The van der Waals surface area contributed by atoms with Crippen LogP contribution in [0, 0.1) is 17.7 Å². The fraction of sp³-hybridized carbons (Fsp3) is 0.545. The molecule has 3 atom stereocenters. The topological polar surface area (TPSA) is 34.1 Å². The van der Waals surface area contributed by atoms with E-state index in [4.69, 9.17) is 4.74 Å². The van der Waals surface area contributed by atoms with Crippen LogP contribution in [0.4, 0.5) is 4.39 Å². The quantitative estimate of drug-likeness (QED) is 0.903. The highest BCUT2D eigenvalue weighted by molar-refractivity contribution is 9.10. The van der Waals surface area contributed by atoms with Gasteiger partial charge in [0.05, 0.1) is 0 Å². The predicted molar refractivity (Wildman–Crippen MR) is 60.8 cm³/mol. The zero-order chi connectivity index (χ0) is 11.1. The smallest absolute Gasteiger partial charge is 0.250 e. The Morgan fingerprint density at radius 2 is 2.19 bits per heavy atom. The Morgan fingerprint density at radius 1 is 1.44 bits per heavy atom. The molecule has 1 saturated carbocycles. The van der Waals surface area contributed by atoms with Crippen molar-refractivity contribution in [3.63, 3.8) is 0 Å². The molecule has 3 rings (SSSR count). The van der Waals surface area contributed by atoms with Gasteiger partial charge in [0, 0.05) is 35.6 Å². The fourth-order valence-electron chi connectivity index (χ4n) is 2.51. The second-order valence-electron chi connectivity index (χ2n) is 4.44. The molecule has 1 aliphatic carbocycles. The Hall–Kier alpha value is -0.680. The Bertz CT molecular complexity index is 401. The van der Waals surface area contributed by atoms with Crippen LogP contribution < -0.4 is 10.1 Å². The zero-order valence-corrected chi connectivity index (χ0v) is 10.2. The molecule has 3 nitrogen and oxygen atoms in total. The molecule has 2 aliphatic rings. The van der Waals surface area contributed by atoms with Crippen molar-refractivity contribution in [1.29, 1.82) is 0 Å². The molecule has 0 aromatic carbocycles. The standard InChI is InChI=1S/C11H12BrFN2O/c12-8-2-9(13)11(15-5-8)16-10-6-1-7(10)4-14-3-6/h2,5-7,10,14H,1,3-4H2/t6-,7+,10?. The summed E-state index contributed by atoms with van der Waals surface area (Å²) in [5.74, 6) is 0.768. The average molecular weight is 287 g/mol. The minimum absolute atomic E-state index is 0.129. The van der Waals surface area contributed by atoms with Gasteiger partial charge in [-0.1, -0.05) is 0 Å². The van der Waals surface area contributed by atoms with Gasteiger partial charge in [-0.2, -0.15) is 0 Å². The van der Waals surface area contributed by atoms with E-state index in [1.807, 2.05) is 0 Å². The summed E-state index contributed by atoms with van der Waals surface area (Å²) in [6, 6.07) is 1.38. The molecule has 2 bridgehead atoms. The first-order valence-electron chi connectivity index (χ1n) is 5.42. The van der Waals surface area contributed by atoms with Gasteiger partial charge in [0.15, 0.2) is 5.82 Å². The number of fused-ring (bicyclic) bond motifs is 2. The molecular weight excluding hydrogens is 275 g/mol. The number of nitrogens with zero attached hydrogens (tertiary/aromatic N) is 1. The summed E-state index contributed by atoms with van der Waals surface area (Å²) in [4.78, 5) is 3.96. The van der Waals surface area contributed by atoms with Crippen molar-refractivity contribution in [2.75, 3.05) is 13.1 Å². The van der Waals surface area contributed by atoms with Crippen molar-refractivity contribution >= 4 is 15.9 Å². The van der Waals surface area contributed by atoms with Crippen molar-refractivity contribution in [2.45, 2.75) is 12.5 Å². The molecule has 0 radical (unpaired) electrons. The summed E-state index contributed by atoms with van der Waals surface area (Å²) in [6.07, 6.45) is 2.89. The number of pyridine rings is 1. The number of halogens is 2. The maximum absolute atomic E-state index is 13.5. The lowest BCUT2D eigenvalue weighted by atomic mass is 9.69. The molecule has 16 heavy (non-hydrogen) atoms. The monoisotopic (exact) mass is 286 g/mol. The van der Waals surface area contributed by atoms with Crippen LogP contribution in [-0.4, -0.2) is 24.2 Å². The molecule has 1 aliphatic heterocycles. The maximum Gasteiger partial charge on any atom is 0.250 e. The molecule has 2 fully saturated rings. The molecule has 0 spiro atoms. The number of nitrogens with one attached hydrogen (secondary N) is 1. The minimum Gasteiger partial charge on any atom is -0.472 e. The lowest BCUT2D eigenvalue weighted by molar-refractivity contribution is -0.0490. The number of piperidine rings is 2. The Balaban J connectivity index is 1.74. The second kappa shape index (κ2) is 3.96. The van der Waals surface area contributed by atoms with Crippen LogP contribution in [0.25, 0.3) is 0 Å². The van der Waals surface area contributed by atoms with Crippen LogP contribution in [0.1, 0.15) is 6.42 Å². The highest BCUT2D eigenvalue weighted by atomic mass is 79.9. The van der Waals surface area contributed by atoms with Gasteiger partial charge in [0.1, 0.15) is 6.10 Å². The van der Waals surface area contributed by atoms with E-state index in [1.54, 1.807) is 6.20 Å². The summed E-state index contributed by atoms with van der Waals surface area (Å²) in [5.41, 5.74) is 0. The van der Waals surface area contributed by atoms with Crippen molar-refractivity contribution < 1.29 is 9.13 Å². The van der Waals surface area contributed by atoms with Gasteiger partial charge in [-0.3, -0.25) is 0 Å². The van der Waals surface area contributed by atoms with E-state index in [0.29, 0.717) is 16.3 Å². The first kappa shape index (κ1) is 10.5. The van der Waals surface area contributed by atoms with E-state index in [2.05, 4.69) is 26.2 Å². The van der Waals surface area contributed by atoms with E-state index >= 15 is 0 Å². The Kier molecular flexibility index (Phi) is 2.59. The zero-order valence-electron chi connectivity index (χ0n) is 8.62. The van der Waals surface area contributed by atoms with Crippen molar-refractivity contribution in [3.05, 3.63) is 22.6 Å². The van der Waals surface area contributed by atoms with Gasteiger partial charge in [0.25, 0.3) is 5.88 Å². The average Bonchev–Trinajstić information content (AvgIpc) is 2.28. The Labute approximate surface area is 102 Å². The Morgan fingerprint density at radius 3 is 2.81 bits per heavy atom. The summed E-state index contributed by atoms with van der Waals surface area (Å²) in [5, 5.41) is 3.32. The summed E-state index contributed by atoms with van der Waals surface area (Å²) >= 11 is 3.17. The van der Waals surface area contributed by atoms with Gasteiger partial charge in [-0.05, 0) is 28.4 Å². The van der Waals surface area contributed by atoms with Crippen LogP contribution in [0.2, 0.25) is 0 Å². The lowest BCUT2D eigenvalue weighted by Crippen LogP contribution is -2.59. The normalized spacial score (nSPS) is 32.0. The molecule has 5 heteroatoms. The summed E-state index contributed by atoms with van der Waals surface area (Å²) in [6.45, 7) is 1.94. The molecule has 86 valence electrons. The number of aromatic nitrogens is 1. The van der Waals surface area contributed by atoms with Crippen molar-refractivity contribution in [2.24, 2.45) is 11.8 Å². The predicted octanol–water partition coefficient (Wildman–Crippen LogP) is 1.97. The molecule has 2 heterocycles. The summed E-state index contributed by atoms with van der Waals surface area (Å²) < 4.78 is 19.8. The molecule has 1 unspecified atom stereocenters. The van der Waals surface area contributed by atoms with Gasteiger partial charge < -0.3 is 10.1 Å². The molecular formula is C11H12BrFN2O. The summed E-state index contributed by atoms with van der Waals surface area (Å²) in [7, 11) is 0. The molecule has 1 N–H and O–H groups in total. The molecule has 1 aromatic heterocycles. The van der Waals surface area contributed by atoms with Crippen LogP contribution in [0.15, 0.2) is 16.7 Å². The largest absolute Gasteiger partial charge is 0.472 e. The molecule has 1 aromatic rings. The van der Waals surface area contributed by atoms with Crippen molar-refractivity contribution in [1.82, 2.24) is 10.3 Å². The maximum atomic E-state index is 13.5. The van der Waals surface area contributed by atoms with Crippen LogP contribution in [0.5, 0.6) is 5.88 Å². The first-order valence-corrected chi connectivity index (χ1v) is 6.22. The second-order valence-corrected chi connectivity index (χ2v) is 5.35. The third-order valence-corrected chi connectivity index (χ3v) is 3.80. The third-order valence-electron chi connectivity index (χ3n) is 3.37. The third kappa shape index (κ3) is 1.72. The van der Waals surface area contributed by atoms with Gasteiger partial charge in [-0.25, -0.2) is 9.37 Å². The van der Waals surface area contributed by atoms with Gasteiger partial charge >= 0.3 is 0 Å². The van der Waals surface area contributed by atoms with E-state index in [-0.39, 0.29) is 12.0 Å². The number of ether oxygens (including phenoxy) is 1. The fourth-order valence-corrected chi connectivity index (χ4v) is 2.81. The first-order chi connectivity index (χ1) is 7.74. The highest BCUT2D eigenvalue weighted by Crippen LogP contribution is 2.39. The van der Waals surface area contributed by atoms with E-state index in [1.165, 1.54) is 12.5 Å². The van der Waals surface area contributed by atoms with E-state index in [0.717, 1.165) is 13.1 Å². The van der Waals surface area contributed by atoms with Gasteiger partial charge in [0.2, 0.25) is 0 Å².